The lowest BCUT2D eigenvalue weighted by Gasteiger charge is -2.12. The number of hydrogen-bond donors (Lipinski definition) is 0. The van der Waals surface area contributed by atoms with Crippen LogP contribution in [0.4, 0.5) is 13.2 Å². The summed E-state index contributed by atoms with van der Waals surface area (Å²) >= 11 is 4.24. The summed E-state index contributed by atoms with van der Waals surface area (Å²) in [6.07, 6.45) is 4.67. The van der Waals surface area contributed by atoms with E-state index in [9.17, 15) is 4.39 Å². The molecule has 18 heteroatoms. The molecule has 0 spiro atoms. The van der Waals surface area contributed by atoms with Gasteiger partial charge in [-0.2, -0.15) is 0 Å². The fourth-order valence-corrected chi connectivity index (χ4v) is 12.8. The monoisotopic (exact) mass is 1160 g/mol. The van der Waals surface area contributed by atoms with Gasteiger partial charge in [0.2, 0.25) is 17.7 Å². The molecule has 0 fully saturated rings. The maximum Gasteiger partial charge on any atom is 0.226 e. The zero-order valence-electron chi connectivity index (χ0n) is 44.4. The number of nitrogens with zero attached hydrogens (tertiary/aromatic N) is 9. The molecule has 9 aromatic heterocycles. The van der Waals surface area contributed by atoms with Crippen LogP contribution in [0.3, 0.4) is 0 Å². The number of halogens is 3. The molecule has 0 aliphatic carbocycles. The molecule has 0 unspecified atom stereocenters. The summed E-state index contributed by atoms with van der Waals surface area (Å²) in [7, 11) is 0. The molecule has 12 nitrogen and oxygen atoms in total. The van der Waals surface area contributed by atoms with Crippen molar-refractivity contribution in [1.29, 1.82) is 0 Å². The van der Waals surface area contributed by atoms with E-state index in [1.165, 1.54) is 64.5 Å². The number of benzene rings is 6. The van der Waals surface area contributed by atoms with Crippen molar-refractivity contribution in [1.82, 2.24) is 44.9 Å². The molecule has 0 bridgehead atoms. The van der Waals surface area contributed by atoms with E-state index in [-0.39, 0.29) is 5.82 Å². The summed E-state index contributed by atoms with van der Waals surface area (Å²) in [6.45, 7) is 5.65. The van der Waals surface area contributed by atoms with E-state index < -0.39 is 11.6 Å². The second-order valence-corrected chi connectivity index (χ2v) is 23.0. The molecule has 9 heterocycles. The predicted molar refractivity (Wildman–Crippen MR) is 323 cm³/mol. The van der Waals surface area contributed by atoms with E-state index in [1.807, 2.05) is 123 Å². The Hall–Kier alpha value is -10.1. The lowest BCUT2D eigenvalue weighted by Crippen LogP contribution is -1.96. The van der Waals surface area contributed by atoms with E-state index in [1.54, 1.807) is 42.8 Å². The molecule has 0 amide bonds. The smallest absolute Gasteiger partial charge is 0.226 e. The summed E-state index contributed by atoms with van der Waals surface area (Å²) < 4.78 is 64.6. The van der Waals surface area contributed by atoms with Gasteiger partial charge >= 0.3 is 0 Å². The van der Waals surface area contributed by atoms with Crippen LogP contribution in [0.2, 0.25) is 0 Å². The first-order valence-electron chi connectivity index (χ1n) is 26.3. The van der Waals surface area contributed by atoms with Gasteiger partial charge in [0.1, 0.15) is 52.8 Å². The summed E-state index contributed by atoms with van der Waals surface area (Å²) in [5.41, 5.74) is 13.3. The molecular weight excluding hydrogens is 1120 g/mol. The average molecular weight is 1160 g/mol. The zero-order chi connectivity index (χ0) is 56.7. The molecule has 404 valence electrons. The van der Waals surface area contributed by atoms with Crippen LogP contribution >= 0.6 is 34.0 Å². The Balaban J connectivity index is 0.831. The Bertz CT molecular complexity index is 5050. The average Bonchev–Trinajstić information content (AvgIpc) is 4.07. The van der Waals surface area contributed by atoms with Gasteiger partial charge in [-0.05, 0) is 172 Å². The summed E-state index contributed by atoms with van der Waals surface area (Å²) in [6, 6.07) is 44.3. The third kappa shape index (κ3) is 9.22. The maximum absolute atomic E-state index is 16.5. The van der Waals surface area contributed by atoms with Crippen LogP contribution in [0, 0.1) is 38.2 Å². The van der Waals surface area contributed by atoms with E-state index in [4.69, 9.17) is 43.2 Å². The summed E-state index contributed by atoms with van der Waals surface area (Å²) in [4.78, 5) is 48.0. The van der Waals surface area contributed by atoms with Crippen molar-refractivity contribution in [3.63, 3.8) is 0 Å². The van der Waals surface area contributed by atoms with E-state index in [0.717, 1.165) is 33.2 Å². The fraction of sp³-hybridized carbons (Fsp3) is 0.0455. The van der Waals surface area contributed by atoms with Crippen LogP contribution in [0.25, 0.3) is 154 Å². The van der Waals surface area contributed by atoms with Gasteiger partial charge in [0.25, 0.3) is 0 Å². The van der Waals surface area contributed by atoms with Crippen molar-refractivity contribution in [2.75, 3.05) is 0 Å². The van der Waals surface area contributed by atoms with Crippen molar-refractivity contribution in [3.8, 4) is 121 Å². The molecule has 15 rings (SSSR count). The number of aromatic nitrogens is 9. The highest BCUT2D eigenvalue weighted by Gasteiger charge is 2.24. The third-order valence-electron chi connectivity index (χ3n) is 14.4. The Morgan fingerprint density at radius 2 is 0.881 bits per heavy atom. The van der Waals surface area contributed by atoms with Gasteiger partial charge in [-0.1, -0.05) is 6.07 Å². The van der Waals surface area contributed by atoms with Crippen LogP contribution < -0.4 is 0 Å². The molecule has 0 saturated heterocycles. The van der Waals surface area contributed by atoms with Gasteiger partial charge in [0, 0.05) is 54.3 Å². The van der Waals surface area contributed by atoms with Gasteiger partial charge in [-0.3, -0.25) is 0 Å². The van der Waals surface area contributed by atoms with Gasteiger partial charge in [0.15, 0.2) is 0 Å². The normalized spacial score (nSPS) is 11.7. The quantitative estimate of drug-likeness (QED) is 0.121. The Morgan fingerprint density at radius 3 is 1.37 bits per heavy atom. The van der Waals surface area contributed by atoms with Gasteiger partial charge in [0.05, 0.1) is 82.4 Å². The minimum atomic E-state index is -0.458. The molecule has 0 aliphatic heterocycles. The highest BCUT2D eigenvalue weighted by Crippen LogP contribution is 2.45. The first kappa shape index (κ1) is 50.8. The molecule has 0 aliphatic rings. The minimum absolute atomic E-state index is 0.319. The minimum Gasteiger partial charge on any atom is -0.445 e. The zero-order valence-corrected chi connectivity index (χ0v) is 46.8. The number of hydrogen-bond acceptors (Lipinski definition) is 15. The van der Waals surface area contributed by atoms with Gasteiger partial charge in [-0.25, -0.2) is 58.0 Å². The fourth-order valence-electron chi connectivity index (χ4n) is 10.1. The predicted octanol–water partition coefficient (Wildman–Crippen LogP) is 18.3. The first-order valence-corrected chi connectivity index (χ1v) is 28.8. The SMILES string of the molecule is Cc1coc(-c2ccc3nc(-c4ccc(F)c(-c5ccc(-c6nc7cc(-c8ncco8)ccc7nc6-c6ccc(F)cc6)s5)c4)c(-c4ccc(-c5cc(-c6nc7ccc(-c8nc(C)c(C)o8)cc7nc6-c6cccs6)ccc5F)s4)nc3c2)n1. The van der Waals surface area contributed by atoms with E-state index in [2.05, 4.69) is 15.0 Å². The van der Waals surface area contributed by atoms with E-state index in [0.29, 0.717) is 138 Å². The number of thiophene rings is 3. The second-order valence-electron chi connectivity index (χ2n) is 19.9. The highest BCUT2D eigenvalue weighted by atomic mass is 32.1. The van der Waals surface area contributed by atoms with Crippen molar-refractivity contribution in [2.45, 2.75) is 20.8 Å². The Labute approximate surface area is 487 Å². The molecular formula is C66H38F3N9O3S3. The molecule has 0 saturated carbocycles. The van der Waals surface area contributed by atoms with Crippen molar-refractivity contribution in [3.05, 3.63) is 210 Å². The lowest BCUT2D eigenvalue weighted by atomic mass is 10.0. The topological polar surface area (TPSA) is 155 Å². The standard InChI is InChI=1S/C66H38F3N9O3S3/c1-33-32-80-65(71-33)40-11-18-48-51(30-40)78-63(57-23-21-54(84-57)43-27-37(8-15-45(43)68)59-61(55-5-4-26-82-55)76-52-31-41(12-19-49(52)74-59)66-72-34(2)35(3)81-66)60(75-48)38-9-16-46(69)44(28-38)53-20-22-56(83-53)62-58(36-6-13-42(67)14-7-36)73-47-17-10-39(29-50(47)77-62)64-70-24-25-79-64/h4-32H,1-3H3. The number of aryl methyl sites for hydroxylation is 3. The molecule has 0 atom stereocenters. The largest absolute Gasteiger partial charge is 0.445 e. The molecule has 6 aromatic carbocycles. The molecule has 0 N–H and O–H groups in total. The van der Waals surface area contributed by atoms with Crippen LogP contribution in [0.1, 0.15) is 17.1 Å². The Kier molecular flexibility index (Phi) is 12.3. The number of oxazole rings is 3. The highest BCUT2D eigenvalue weighted by molar-refractivity contribution is 7.19. The lowest BCUT2D eigenvalue weighted by molar-refractivity contribution is 0.541. The second kappa shape index (κ2) is 20.4. The van der Waals surface area contributed by atoms with Crippen LogP contribution in [0.15, 0.2) is 189 Å². The van der Waals surface area contributed by atoms with Gasteiger partial charge < -0.3 is 13.3 Å². The third-order valence-corrected chi connectivity index (χ3v) is 17.5. The van der Waals surface area contributed by atoms with Crippen molar-refractivity contribution in [2.24, 2.45) is 0 Å². The summed E-state index contributed by atoms with van der Waals surface area (Å²) in [5.74, 6) is 0.849. The first-order chi connectivity index (χ1) is 41.0. The Morgan fingerprint density at radius 1 is 0.393 bits per heavy atom. The van der Waals surface area contributed by atoms with Crippen molar-refractivity contribution >= 4 is 67.1 Å². The van der Waals surface area contributed by atoms with Crippen LogP contribution in [-0.4, -0.2) is 44.9 Å². The van der Waals surface area contributed by atoms with Crippen molar-refractivity contribution < 1.29 is 26.4 Å². The summed E-state index contributed by atoms with van der Waals surface area (Å²) in [5, 5.41) is 1.99. The molecule has 15 aromatic rings. The molecule has 0 radical (unpaired) electrons. The van der Waals surface area contributed by atoms with Crippen LogP contribution in [-0.2, 0) is 0 Å². The van der Waals surface area contributed by atoms with Gasteiger partial charge in [-0.15, -0.1) is 34.0 Å². The number of fused-ring (bicyclic) bond motifs is 3. The van der Waals surface area contributed by atoms with Crippen LogP contribution in [0.5, 0.6) is 0 Å². The molecule has 84 heavy (non-hydrogen) atoms. The van der Waals surface area contributed by atoms with E-state index >= 15 is 8.78 Å². The number of rotatable bonds is 11. The maximum atomic E-state index is 16.5.